The number of carbonyl (C=O) groups excluding carboxylic acids is 3. The molecule has 0 aromatic carbocycles. The summed E-state index contributed by atoms with van der Waals surface area (Å²) in [6.07, 6.45) is 66.5. The summed E-state index contributed by atoms with van der Waals surface area (Å²) >= 11 is 0. The highest BCUT2D eigenvalue weighted by atomic mass is 16.7. The van der Waals surface area contributed by atoms with Gasteiger partial charge in [-0.15, -0.1) is 0 Å². The van der Waals surface area contributed by atoms with Gasteiger partial charge in [-0.1, -0.05) is 210 Å². The van der Waals surface area contributed by atoms with Crippen LogP contribution in [-0.2, 0) is 42.9 Å². The Morgan fingerprint density at radius 1 is 0.430 bits per heavy atom. The number of ether oxygens (including phenoxy) is 5. The van der Waals surface area contributed by atoms with Gasteiger partial charge >= 0.3 is 23.9 Å². The zero-order valence-corrected chi connectivity index (χ0v) is 48.0. The molecule has 12 nitrogen and oxygen atoms in total. The molecule has 3 N–H and O–H groups in total. The van der Waals surface area contributed by atoms with Crippen LogP contribution >= 0.6 is 0 Å². The normalized spacial score (nSPS) is 19.1. The number of aliphatic hydroxyl groups is 2. The molecule has 0 aliphatic carbocycles. The number of carbonyl (C=O) groups is 4. The van der Waals surface area contributed by atoms with Gasteiger partial charge in [0.2, 0.25) is 0 Å². The van der Waals surface area contributed by atoms with Gasteiger partial charge in [0.15, 0.2) is 24.6 Å². The molecule has 1 aliphatic heterocycles. The number of aliphatic hydroxyl groups excluding tert-OH is 2. The van der Waals surface area contributed by atoms with Crippen molar-refractivity contribution in [1.29, 1.82) is 0 Å². The van der Waals surface area contributed by atoms with E-state index in [-0.39, 0.29) is 19.3 Å². The number of aliphatic carboxylic acids is 1. The summed E-state index contributed by atoms with van der Waals surface area (Å²) < 4.78 is 28.2. The van der Waals surface area contributed by atoms with Crippen LogP contribution in [0.1, 0.15) is 175 Å². The van der Waals surface area contributed by atoms with E-state index in [9.17, 15) is 34.5 Å². The van der Waals surface area contributed by atoms with Crippen molar-refractivity contribution < 1.29 is 58.2 Å². The maximum absolute atomic E-state index is 13.1. The van der Waals surface area contributed by atoms with Crippen molar-refractivity contribution >= 4 is 23.9 Å². The lowest BCUT2D eigenvalue weighted by atomic mass is 9.98. The Hall–Kier alpha value is -5.92. The van der Waals surface area contributed by atoms with Crippen molar-refractivity contribution in [3.63, 3.8) is 0 Å². The maximum Gasteiger partial charge on any atom is 0.335 e. The zero-order chi connectivity index (χ0) is 57.5. The van der Waals surface area contributed by atoms with Crippen LogP contribution < -0.4 is 0 Å². The van der Waals surface area contributed by atoms with Gasteiger partial charge in [0.1, 0.15) is 18.8 Å². The highest BCUT2D eigenvalue weighted by Gasteiger charge is 2.50. The molecular formula is C67H98O12. The predicted octanol–water partition coefficient (Wildman–Crippen LogP) is 15.1. The second-order valence-corrected chi connectivity index (χ2v) is 18.8. The molecule has 1 rings (SSSR count). The van der Waals surface area contributed by atoms with E-state index in [0.29, 0.717) is 25.7 Å². The van der Waals surface area contributed by atoms with E-state index < -0.39 is 73.9 Å². The minimum Gasteiger partial charge on any atom is -0.479 e. The Morgan fingerprint density at radius 2 is 0.823 bits per heavy atom. The molecule has 12 heteroatoms. The summed E-state index contributed by atoms with van der Waals surface area (Å²) in [7, 11) is 0. The van der Waals surface area contributed by atoms with Gasteiger partial charge in [-0.3, -0.25) is 14.4 Å². The van der Waals surface area contributed by atoms with Gasteiger partial charge < -0.3 is 39.0 Å². The lowest BCUT2D eigenvalue weighted by Gasteiger charge is -2.40. The average Bonchev–Trinajstić information content (AvgIpc) is 3.44. The Bertz CT molecular complexity index is 2020. The molecule has 0 spiro atoms. The van der Waals surface area contributed by atoms with E-state index in [4.69, 9.17) is 23.7 Å². The number of hydrogen-bond acceptors (Lipinski definition) is 11. The fourth-order valence-electron chi connectivity index (χ4n) is 7.48. The van der Waals surface area contributed by atoms with Gasteiger partial charge in [0, 0.05) is 12.8 Å². The second-order valence-electron chi connectivity index (χ2n) is 18.8. The first kappa shape index (κ1) is 71.1. The van der Waals surface area contributed by atoms with Crippen molar-refractivity contribution in [2.45, 2.75) is 212 Å². The minimum atomic E-state index is -1.95. The quantitative estimate of drug-likeness (QED) is 0.0228. The standard InChI is InChI=1S/C67H98O12/c1-4-7-10-13-16-19-22-25-28-29-30-31-34-37-40-43-46-49-52-55-61(70)78-65-63(72)62(71)64(66(73)74)79-67(65)76-57-58(77-60(69)54-51-48-45-42-39-36-33-27-24-21-18-15-12-9-6-3)56-75-59(68)53-50-47-44-41-38-35-32-26-23-20-17-14-11-8-5-2/h7-12,16-21,25-28,30-33,37-38,40-41,46-47,49-50,58,62-65,67,71-72H,4-6,13-15,22-24,29,34-36,39,42-45,48,51-57H2,1-3H3,(H,73,74)/b10-7-,11-8-,12-9-,19-16-,20-17-,21-18-,28-25-,31-30-,32-26-,33-27-,40-37-,41-38-,49-46-,50-47-. The highest BCUT2D eigenvalue weighted by Crippen LogP contribution is 2.26. The van der Waals surface area contributed by atoms with Gasteiger partial charge in [-0.2, -0.15) is 0 Å². The Morgan fingerprint density at radius 3 is 1.27 bits per heavy atom. The predicted molar refractivity (Wildman–Crippen MR) is 321 cm³/mol. The van der Waals surface area contributed by atoms with Crippen molar-refractivity contribution in [3.8, 4) is 0 Å². The van der Waals surface area contributed by atoms with Crippen LogP contribution in [0.15, 0.2) is 170 Å². The SMILES string of the molecule is CC/C=C\C/C=C\C/C=C\C/C=C\C/C=C\C/C=C\CCC(=O)OC1C(OCC(COC(=O)C/C=C\C/C=C\C/C=C\C/C=C\C/C=C\CC)OC(=O)CCCCCCC/C=C\C/C=C\C/C=C\CC)OC(C(=O)O)C(O)C1O. The van der Waals surface area contributed by atoms with Crippen molar-refractivity contribution in [2.24, 2.45) is 0 Å². The molecule has 1 fully saturated rings. The average molecular weight is 1100 g/mol. The molecular weight excluding hydrogens is 997 g/mol. The number of carboxylic acids is 1. The lowest BCUT2D eigenvalue weighted by Crippen LogP contribution is -2.61. The van der Waals surface area contributed by atoms with Gasteiger partial charge in [-0.05, 0) is 116 Å². The topological polar surface area (TPSA) is 175 Å². The van der Waals surface area contributed by atoms with E-state index >= 15 is 0 Å². The fraction of sp³-hybridized carbons (Fsp3) is 0.522. The van der Waals surface area contributed by atoms with Crippen LogP contribution in [0.2, 0.25) is 0 Å². The van der Waals surface area contributed by atoms with E-state index in [1.165, 1.54) is 0 Å². The first-order valence-electron chi connectivity index (χ1n) is 29.1. The summed E-state index contributed by atoms with van der Waals surface area (Å²) in [6.45, 7) is 5.49. The van der Waals surface area contributed by atoms with Crippen LogP contribution in [0, 0.1) is 0 Å². The van der Waals surface area contributed by atoms with E-state index in [1.54, 1.807) is 6.08 Å². The lowest BCUT2D eigenvalue weighted by molar-refractivity contribution is -0.301. The van der Waals surface area contributed by atoms with Crippen LogP contribution in [-0.4, -0.2) is 89.2 Å². The van der Waals surface area contributed by atoms with Crippen LogP contribution in [0.25, 0.3) is 0 Å². The summed E-state index contributed by atoms with van der Waals surface area (Å²) in [5.74, 6) is -3.45. The molecule has 6 atom stereocenters. The molecule has 0 saturated carbocycles. The number of unbranched alkanes of at least 4 members (excludes halogenated alkanes) is 5. The van der Waals surface area contributed by atoms with Crippen molar-refractivity contribution in [2.75, 3.05) is 13.2 Å². The smallest absolute Gasteiger partial charge is 0.335 e. The van der Waals surface area contributed by atoms with E-state index in [2.05, 4.69) is 148 Å². The minimum absolute atomic E-state index is 0.0362. The molecule has 6 unspecified atom stereocenters. The number of hydrogen-bond donors (Lipinski definition) is 3. The molecule has 0 aromatic heterocycles. The number of esters is 3. The number of rotatable bonds is 46. The van der Waals surface area contributed by atoms with E-state index in [1.807, 2.05) is 36.5 Å². The Balaban J connectivity index is 2.81. The molecule has 0 bridgehead atoms. The fourth-order valence-corrected chi connectivity index (χ4v) is 7.48. The summed E-state index contributed by atoms with van der Waals surface area (Å²) in [4.78, 5) is 51.0. The van der Waals surface area contributed by atoms with E-state index in [0.717, 1.165) is 109 Å². The molecule has 0 radical (unpaired) electrons. The summed E-state index contributed by atoms with van der Waals surface area (Å²) in [6, 6.07) is 0. The largest absolute Gasteiger partial charge is 0.479 e. The zero-order valence-electron chi connectivity index (χ0n) is 48.0. The van der Waals surface area contributed by atoms with Gasteiger partial charge in [0.05, 0.1) is 13.0 Å². The third-order valence-corrected chi connectivity index (χ3v) is 11.8. The third kappa shape index (κ3) is 42.7. The van der Waals surface area contributed by atoms with Crippen molar-refractivity contribution in [1.82, 2.24) is 0 Å². The molecule has 79 heavy (non-hydrogen) atoms. The van der Waals surface area contributed by atoms with Crippen LogP contribution in [0.4, 0.5) is 0 Å². The van der Waals surface area contributed by atoms with Gasteiger partial charge in [0.25, 0.3) is 0 Å². The number of carboxylic acid groups (broad SMARTS) is 1. The number of allylic oxidation sites excluding steroid dienone is 27. The van der Waals surface area contributed by atoms with Gasteiger partial charge in [-0.25, -0.2) is 4.79 Å². The van der Waals surface area contributed by atoms with Crippen LogP contribution in [0.5, 0.6) is 0 Å². The first-order chi connectivity index (χ1) is 38.6. The maximum atomic E-state index is 13.1. The van der Waals surface area contributed by atoms with Crippen molar-refractivity contribution in [3.05, 3.63) is 170 Å². The summed E-state index contributed by atoms with van der Waals surface area (Å²) in [5.41, 5.74) is 0. The third-order valence-electron chi connectivity index (χ3n) is 11.8. The highest BCUT2D eigenvalue weighted by molar-refractivity contribution is 5.74. The monoisotopic (exact) mass is 1090 g/mol. The second kappa shape index (κ2) is 52.8. The molecule has 438 valence electrons. The molecule has 1 saturated heterocycles. The van der Waals surface area contributed by atoms with Crippen LogP contribution in [0.3, 0.4) is 0 Å². The molecule has 0 amide bonds. The summed E-state index contributed by atoms with van der Waals surface area (Å²) in [5, 5.41) is 31.5. The Labute approximate surface area is 475 Å². The molecule has 1 heterocycles. The molecule has 0 aromatic rings. The molecule has 1 aliphatic rings. The first-order valence-corrected chi connectivity index (χ1v) is 29.1. The Kier molecular flexibility index (Phi) is 47.5.